The number of rotatable bonds is 1. The van der Waals surface area contributed by atoms with Crippen molar-refractivity contribution < 1.29 is 6.53 Å². The molecule has 0 aliphatic carbocycles. The summed E-state index contributed by atoms with van der Waals surface area (Å²) in [5.74, 6) is 0. The molecule has 0 spiro atoms. The van der Waals surface area contributed by atoms with E-state index >= 15 is 0 Å². The standard InChI is InChI=1S/C3H8O.H/c1-2-3-4;/h4H,2-3H2,1H3;/i;1+2. The van der Waals surface area contributed by atoms with Crippen LogP contribution in [0.4, 0.5) is 0 Å². The fraction of sp³-hybridized carbons (Fsp3) is 1.00. The molecule has 0 unspecified atom stereocenters. The van der Waals surface area contributed by atoms with E-state index in [2.05, 4.69) is 0 Å². The molecule has 0 aromatic heterocycles. The second kappa shape index (κ2) is 2.96. The topological polar surface area (TPSA) is 20.2 Å². The minimum Gasteiger partial charge on any atom is -0.396 e. The van der Waals surface area contributed by atoms with Gasteiger partial charge in [-0.2, -0.15) is 0 Å². The highest BCUT2D eigenvalue weighted by atomic mass is 16.2. The largest absolute Gasteiger partial charge is 0.396 e. The van der Waals surface area contributed by atoms with Gasteiger partial charge in [0.15, 0.2) is 0 Å². The molecule has 0 amide bonds. The molecule has 1 N–H and O–H groups in total. The lowest BCUT2D eigenvalue weighted by molar-refractivity contribution is 0.295. The van der Waals surface area contributed by atoms with Gasteiger partial charge in [-0.3, -0.25) is 0 Å². The molecule has 0 aromatic carbocycles. The van der Waals surface area contributed by atoms with Crippen molar-refractivity contribution in [3.63, 3.8) is 0 Å². The zero-order valence-corrected chi connectivity index (χ0v) is 2.86. The molecular weight excluding hydrogens is 52.0 g/mol. The molecule has 0 saturated heterocycles. The van der Waals surface area contributed by atoms with E-state index in [1.807, 2.05) is 6.92 Å². The summed E-state index contributed by atoms with van der Waals surface area (Å²) in [6, 6.07) is 0. The zero-order chi connectivity index (χ0) is 3.41. The maximum Gasteiger partial charge on any atom is 0.0428 e. The van der Waals surface area contributed by atoms with Crippen LogP contribution >= 0.6 is 0 Å². The van der Waals surface area contributed by atoms with Gasteiger partial charge in [-0.25, -0.2) is 0 Å². The van der Waals surface area contributed by atoms with E-state index in [9.17, 15) is 0 Å². The van der Waals surface area contributed by atoms with Crippen LogP contribution in [0.25, 0.3) is 0 Å². The van der Waals surface area contributed by atoms with Crippen LogP contribution in [0.3, 0.4) is 0 Å². The maximum absolute atomic E-state index is 7.88. The lowest BCUT2D eigenvalue weighted by Crippen LogP contribution is -1.69. The van der Waals surface area contributed by atoms with Crippen molar-refractivity contribution >= 4 is 0 Å². The first-order valence-corrected chi connectivity index (χ1v) is 1.52. The lowest BCUT2D eigenvalue weighted by Gasteiger charge is -1.69. The van der Waals surface area contributed by atoms with E-state index in [1.165, 1.54) is 0 Å². The van der Waals surface area contributed by atoms with Crippen LogP contribution in [0.2, 0.25) is 0 Å². The van der Waals surface area contributed by atoms with Crippen molar-refractivity contribution in [2.75, 3.05) is 6.61 Å². The smallest absolute Gasteiger partial charge is 0.0428 e. The lowest BCUT2D eigenvalue weighted by atomic mass is 10.5. The second-order valence-corrected chi connectivity index (χ2v) is 0.724. The highest BCUT2D eigenvalue weighted by molar-refractivity contribution is 4.10. The average molecular weight is 63.1 g/mol. The Morgan fingerprint density at radius 3 is 2.25 bits per heavy atom. The Morgan fingerprint density at radius 2 is 2.25 bits per heavy atom. The van der Waals surface area contributed by atoms with Crippen LogP contribution in [0.15, 0.2) is 0 Å². The highest BCUT2D eigenvalue weighted by Gasteiger charge is 1.57. The SMILES string of the molecule is CCCO.[3H]. The summed E-state index contributed by atoms with van der Waals surface area (Å²) >= 11 is 0. The summed E-state index contributed by atoms with van der Waals surface area (Å²) in [4.78, 5) is 0. The molecule has 1 nitrogen and oxygen atoms in total. The van der Waals surface area contributed by atoms with Gasteiger partial charge in [0, 0.05) is 8.03 Å². The summed E-state index contributed by atoms with van der Waals surface area (Å²) < 4.78 is 0. The first kappa shape index (κ1) is 3.96. The van der Waals surface area contributed by atoms with Gasteiger partial charge in [-0.05, 0) is 6.42 Å². The van der Waals surface area contributed by atoms with E-state index < -0.39 is 0 Å². The molecule has 4 heavy (non-hydrogen) atoms. The molecule has 0 aliphatic rings. The molecule has 1 heteroatoms. The average Bonchev–Trinajstić information content (AvgIpc) is 1.37. The predicted molar refractivity (Wildman–Crippen MR) is 18.5 cm³/mol. The molecule has 1 radical (unpaired) electrons. The maximum atomic E-state index is 7.88. The molecule has 0 fully saturated rings. The molecule has 27 valence electrons. The van der Waals surface area contributed by atoms with Crippen molar-refractivity contribution in [3.05, 3.63) is 0 Å². The van der Waals surface area contributed by atoms with Gasteiger partial charge in [0.05, 0.1) is 0 Å². The second-order valence-electron chi connectivity index (χ2n) is 0.724. The van der Waals surface area contributed by atoms with Crippen molar-refractivity contribution in [2.45, 2.75) is 13.3 Å². The fourth-order valence-corrected chi connectivity index (χ4v) is 0. The highest BCUT2D eigenvalue weighted by Crippen LogP contribution is 1.61. The van der Waals surface area contributed by atoms with Gasteiger partial charge in [0.1, 0.15) is 0 Å². The van der Waals surface area contributed by atoms with Crippen molar-refractivity contribution in [1.82, 2.24) is 0 Å². The van der Waals surface area contributed by atoms with Crippen LogP contribution < -0.4 is 0 Å². The van der Waals surface area contributed by atoms with Gasteiger partial charge in [0.25, 0.3) is 0 Å². The van der Waals surface area contributed by atoms with Crippen molar-refractivity contribution in [2.24, 2.45) is 0 Å². The summed E-state index contributed by atoms with van der Waals surface area (Å²) in [7, 11) is 0. The van der Waals surface area contributed by atoms with E-state index in [1.54, 1.807) is 0 Å². The summed E-state index contributed by atoms with van der Waals surface area (Å²) in [5, 5.41) is 7.88. The van der Waals surface area contributed by atoms with E-state index in [-0.39, 0.29) is 1.43 Å². The molecule has 0 aliphatic heterocycles. The van der Waals surface area contributed by atoms with Crippen LogP contribution in [0.1, 0.15) is 14.8 Å². The first-order chi connectivity index (χ1) is 1.91. The Labute approximate surface area is 27.7 Å². The Hall–Kier alpha value is -0.0400. The molecule has 0 rings (SSSR count). The minimum absolute atomic E-state index is 0. The van der Waals surface area contributed by atoms with Gasteiger partial charge >= 0.3 is 0 Å². The van der Waals surface area contributed by atoms with Gasteiger partial charge in [-0.15, -0.1) is 0 Å². The molecule has 0 heterocycles. The summed E-state index contributed by atoms with van der Waals surface area (Å²) in [5.41, 5.74) is 0. The Balaban J connectivity index is 0. The van der Waals surface area contributed by atoms with Crippen LogP contribution in [-0.2, 0) is 0 Å². The van der Waals surface area contributed by atoms with E-state index in [0.29, 0.717) is 6.61 Å². The van der Waals surface area contributed by atoms with Crippen LogP contribution in [0.5, 0.6) is 0 Å². The molecule has 0 bridgehead atoms. The summed E-state index contributed by atoms with van der Waals surface area (Å²) in [6.45, 7) is 2.25. The minimum atomic E-state index is 0. The summed E-state index contributed by atoms with van der Waals surface area (Å²) in [6.07, 6.45) is 0.875. The van der Waals surface area contributed by atoms with Crippen molar-refractivity contribution in [1.29, 1.82) is 0 Å². The van der Waals surface area contributed by atoms with E-state index in [4.69, 9.17) is 5.11 Å². The predicted octanol–water partition coefficient (Wildman–Crippen LogP) is 0.501. The van der Waals surface area contributed by atoms with E-state index in [0.717, 1.165) is 6.42 Å². The third kappa shape index (κ3) is 1.96. The molecule has 0 atom stereocenters. The van der Waals surface area contributed by atoms with Gasteiger partial charge in [0.2, 0.25) is 0 Å². The molecular formula is C3H9O. The Morgan fingerprint density at radius 1 is 2.00 bits per heavy atom. The Kier molecular flexibility index (Phi) is 2.93. The normalized spacial score (nSPS) is 7.50. The number of hydrogen-bond acceptors (Lipinski definition) is 1. The zero-order valence-electron chi connectivity index (χ0n) is 3.86. The van der Waals surface area contributed by atoms with Crippen LogP contribution in [0, 0.1) is 0 Å². The number of hydrogen-bond donors (Lipinski definition) is 1. The third-order valence-electron chi connectivity index (χ3n) is 0.224. The quantitative estimate of drug-likeness (QED) is 0.470. The van der Waals surface area contributed by atoms with Gasteiger partial charge in [-0.1, -0.05) is 6.92 Å². The third-order valence-corrected chi connectivity index (χ3v) is 0.224. The fourth-order valence-electron chi connectivity index (χ4n) is 0. The number of aliphatic hydroxyl groups is 1. The number of aliphatic hydroxyl groups excluding tert-OH is 1. The van der Waals surface area contributed by atoms with Gasteiger partial charge < -0.3 is 5.11 Å². The van der Waals surface area contributed by atoms with Crippen LogP contribution in [-0.4, -0.2) is 11.7 Å². The molecule has 0 saturated carbocycles. The molecule has 0 aromatic rings. The first-order valence-electron chi connectivity index (χ1n) is 1.52. The Bertz CT molecular complexity index is 8.85. The monoisotopic (exact) mass is 63.1 g/mol. The van der Waals surface area contributed by atoms with Crippen molar-refractivity contribution in [3.8, 4) is 0 Å².